The lowest BCUT2D eigenvalue weighted by Gasteiger charge is -2.39. The van der Waals surface area contributed by atoms with Crippen LogP contribution in [-0.4, -0.2) is 66.3 Å². The zero-order valence-electron chi connectivity index (χ0n) is 12.3. The van der Waals surface area contributed by atoms with E-state index < -0.39 is 0 Å². The number of nitrogens with zero attached hydrogens (tertiary/aromatic N) is 2. The Balaban J connectivity index is 1.69. The molecular formula is C15H31N3O. The zero-order chi connectivity index (χ0) is 13.5. The Morgan fingerprint density at radius 2 is 1.63 bits per heavy atom. The van der Waals surface area contributed by atoms with E-state index in [4.69, 9.17) is 5.73 Å². The van der Waals surface area contributed by atoms with Gasteiger partial charge in [-0.3, -0.25) is 9.80 Å². The number of aliphatic hydroxyl groups is 1. The molecule has 1 unspecified atom stereocenters. The number of nitrogens with two attached hydrogens (primary N) is 1. The number of rotatable bonds is 5. The Labute approximate surface area is 117 Å². The SMILES string of the molecule is NCCC(O)CN1CCN(C2CCCCCC2)CC1. The van der Waals surface area contributed by atoms with E-state index in [1.165, 1.54) is 51.6 Å². The standard InChI is InChI=1S/C15H31N3O/c16-8-7-15(19)13-17-9-11-18(12-10-17)14-5-3-1-2-4-6-14/h14-15,19H,1-13,16H2. The van der Waals surface area contributed by atoms with Crippen molar-refractivity contribution >= 4 is 0 Å². The molecule has 2 fully saturated rings. The van der Waals surface area contributed by atoms with Crippen LogP contribution >= 0.6 is 0 Å². The molecule has 2 aliphatic rings. The second-order valence-electron chi connectivity index (χ2n) is 6.21. The van der Waals surface area contributed by atoms with Gasteiger partial charge in [0, 0.05) is 38.8 Å². The molecule has 1 atom stereocenters. The number of β-amino-alcohol motifs (C(OH)–C–C–N with tert-alkyl or cyclic N) is 1. The van der Waals surface area contributed by atoms with E-state index in [0.717, 1.165) is 32.1 Å². The van der Waals surface area contributed by atoms with Gasteiger partial charge in [0.25, 0.3) is 0 Å². The highest BCUT2D eigenvalue weighted by atomic mass is 16.3. The van der Waals surface area contributed by atoms with Crippen molar-refractivity contribution in [2.75, 3.05) is 39.3 Å². The van der Waals surface area contributed by atoms with E-state index in [-0.39, 0.29) is 6.10 Å². The minimum Gasteiger partial charge on any atom is -0.392 e. The molecule has 3 N–H and O–H groups in total. The second kappa shape index (κ2) is 8.20. The highest BCUT2D eigenvalue weighted by Gasteiger charge is 2.25. The molecular weight excluding hydrogens is 238 g/mol. The molecule has 0 radical (unpaired) electrons. The fourth-order valence-corrected chi connectivity index (χ4v) is 3.52. The first-order chi connectivity index (χ1) is 9.29. The molecule has 19 heavy (non-hydrogen) atoms. The predicted molar refractivity (Wildman–Crippen MR) is 79.2 cm³/mol. The Morgan fingerprint density at radius 1 is 1.00 bits per heavy atom. The molecule has 0 spiro atoms. The molecule has 1 aliphatic heterocycles. The molecule has 1 heterocycles. The summed E-state index contributed by atoms with van der Waals surface area (Å²) in [5, 5.41) is 9.82. The summed E-state index contributed by atoms with van der Waals surface area (Å²) < 4.78 is 0. The zero-order valence-corrected chi connectivity index (χ0v) is 12.3. The van der Waals surface area contributed by atoms with Gasteiger partial charge in [-0.25, -0.2) is 0 Å². The van der Waals surface area contributed by atoms with Crippen LogP contribution in [0.25, 0.3) is 0 Å². The Morgan fingerprint density at radius 3 is 2.21 bits per heavy atom. The van der Waals surface area contributed by atoms with E-state index in [2.05, 4.69) is 9.80 Å². The van der Waals surface area contributed by atoms with Crippen molar-refractivity contribution in [2.45, 2.75) is 57.1 Å². The first-order valence-corrected chi connectivity index (χ1v) is 8.14. The quantitative estimate of drug-likeness (QED) is 0.732. The third-order valence-corrected chi connectivity index (χ3v) is 4.72. The van der Waals surface area contributed by atoms with Gasteiger partial charge in [-0.2, -0.15) is 0 Å². The number of aliphatic hydroxyl groups excluding tert-OH is 1. The van der Waals surface area contributed by atoms with Crippen LogP contribution in [0.1, 0.15) is 44.9 Å². The monoisotopic (exact) mass is 269 g/mol. The molecule has 0 amide bonds. The van der Waals surface area contributed by atoms with Crippen molar-refractivity contribution in [1.29, 1.82) is 0 Å². The van der Waals surface area contributed by atoms with E-state index in [1.807, 2.05) is 0 Å². The molecule has 4 nitrogen and oxygen atoms in total. The van der Waals surface area contributed by atoms with Gasteiger partial charge in [0.1, 0.15) is 0 Å². The molecule has 0 bridgehead atoms. The van der Waals surface area contributed by atoms with Crippen LogP contribution < -0.4 is 5.73 Å². The maximum Gasteiger partial charge on any atom is 0.0679 e. The average Bonchev–Trinajstić information content (AvgIpc) is 2.69. The summed E-state index contributed by atoms with van der Waals surface area (Å²) in [4.78, 5) is 5.09. The largest absolute Gasteiger partial charge is 0.392 e. The number of hydrogen-bond acceptors (Lipinski definition) is 4. The van der Waals surface area contributed by atoms with Crippen LogP contribution in [0.5, 0.6) is 0 Å². The average molecular weight is 269 g/mol. The Kier molecular flexibility index (Phi) is 6.57. The highest BCUT2D eigenvalue weighted by molar-refractivity contribution is 4.81. The van der Waals surface area contributed by atoms with Crippen LogP contribution in [0.2, 0.25) is 0 Å². The summed E-state index contributed by atoms with van der Waals surface area (Å²) in [5.74, 6) is 0. The lowest BCUT2D eigenvalue weighted by Crippen LogP contribution is -2.51. The molecule has 112 valence electrons. The van der Waals surface area contributed by atoms with E-state index in [1.54, 1.807) is 0 Å². The maximum atomic E-state index is 9.82. The van der Waals surface area contributed by atoms with Gasteiger partial charge in [-0.15, -0.1) is 0 Å². The molecule has 1 saturated heterocycles. The summed E-state index contributed by atoms with van der Waals surface area (Å²) in [6.45, 7) is 5.97. The minimum absolute atomic E-state index is 0.241. The van der Waals surface area contributed by atoms with E-state index in [9.17, 15) is 5.11 Å². The summed E-state index contributed by atoms with van der Waals surface area (Å²) in [7, 11) is 0. The van der Waals surface area contributed by atoms with Crippen molar-refractivity contribution in [3.05, 3.63) is 0 Å². The van der Waals surface area contributed by atoms with E-state index in [0.29, 0.717) is 6.54 Å². The molecule has 0 aromatic rings. The third-order valence-electron chi connectivity index (χ3n) is 4.72. The smallest absolute Gasteiger partial charge is 0.0679 e. The van der Waals surface area contributed by atoms with Gasteiger partial charge in [-0.05, 0) is 25.8 Å². The molecule has 0 aromatic carbocycles. The van der Waals surface area contributed by atoms with Crippen molar-refractivity contribution in [3.8, 4) is 0 Å². The van der Waals surface area contributed by atoms with E-state index >= 15 is 0 Å². The molecule has 1 aliphatic carbocycles. The number of piperazine rings is 1. The third kappa shape index (κ3) is 5.03. The first kappa shape index (κ1) is 15.2. The lowest BCUT2D eigenvalue weighted by atomic mass is 10.1. The van der Waals surface area contributed by atoms with Crippen LogP contribution in [0.3, 0.4) is 0 Å². The Hall–Kier alpha value is -0.160. The lowest BCUT2D eigenvalue weighted by molar-refractivity contribution is 0.0510. The molecule has 0 aromatic heterocycles. The van der Waals surface area contributed by atoms with Crippen LogP contribution in [0.15, 0.2) is 0 Å². The van der Waals surface area contributed by atoms with Gasteiger partial charge in [0.05, 0.1) is 6.10 Å². The van der Waals surface area contributed by atoms with Gasteiger partial charge in [0.2, 0.25) is 0 Å². The highest BCUT2D eigenvalue weighted by Crippen LogP contribution is 2.22. The summed E-state index contributed by atoms with van der Waals surface area (Å²) in [6.07, 6.45) is 8.98. The number of hydrogen-bond donors (Lipinski definition) is 2. The second-order valence-corrected chi connectivity index (χ2v) is 6.21. The van der Waals surface area contributed by atoms with Crippen molar-refractivity contribution in [3.63, 3.8) is 0 Å². The fourth-order valence-electron chi connectivity index (χ4n) is 3.52. The topological polar surface area (TPSA) is 52.7 Å². The van der Waals surface area contributed by atoms with Crippen LogP contribution in [0.4, 0.5) is 0 Å². The maximum absolute atomic E-state index is 9.82. The predicted octanol–water partition coefficient (Wildman–Crippen LogP) is 1.04. The summed E-state index contributed by atoms with van der Waals surface area (Å²) in [5.41, 5.74) is 5.48. The normalized spacial score (nSPS) is 26.2. The fraction of sp³-hybridized carbons (Fsp3) is 1.00. The minimum atomic E-state index is -0.241. The van der Waals surface area contributed by atoms with Crippen LogP contribution in [0, 0.1) is 0 Å². The molecule has 1 saturated carbocycles. The van der Waals surface area contributed by atoms with Crippen molar-refractivity contribution < 1.29 is 5.11 Å². The molecule has 2 rings (SSSR count). The first-order valence-electron chi connectivity index (χ1n) is 8.14. The molecule has 4 heteroatoms. The van der Waals surface area contributed by atoms with Gasteiger partial charge in [-0.1, -0.05) is 25.7 Å². The van der Waals surface area contributed by atoms with Gasteiger partial charge < -0.3 is 10.8 Å². The Bertz CT molecular complexity index is 234. The van der Waals surface area contributed by atoms with Crippen molar-refractivity contribution in [2.24, 2.45) is 5.73 Å². The summed E-state index contributed by atoms with van der Waals surface area (Å²) in [6, 6.07) is 0.832. The summed E-state index contributed by atoms with van der Waals surface area (Å²) >= 11 is 0. The van der Waals surface area contributed by atoms with Crippen LogP contribution in [-0.2, 0) is 0 Å². The van der Waals surface area contributed by atoms with Gasteiger partial charge in [0.15, 0.2) is 0 Å². The van der Waals surface area contributed by atoms with Gasteiger partial charge >= 0.3 is 0 Å². The van der Waals surface area contributed by atoms with Crippen molar-refractivity contribution in [1.82, 2.24) is 9.80 Å².